The minimum absolute atomic E-state index is 0. The van der Waals surface area contributed by atoms with E-state index < -0.39 is 0 Å². The third-order valence-electron chi connectivity index (χ3n) is 2.20. The third-order valence-corrected chi connectivity index (χ3v) is 2.20. The number of methoxy groups -OCH3 is 1. The lowest BCUT2D eigenvalue weighted by molar-refractivity contribution is 0.415. The van der Waals surface area contributed by atoms with Crippen molar-refractivity contribution in [2.45, 2.75) is 0 Å². The molecule has 0 aromatic heterocycles. The summed E-state index contributed by atoms with van der Waals surface area (Å²) in [6.07, 6.45) is 0. The Kier molecular flexibility index (Phi) is 4.37. The standard InChI is InChI=1S/C13H12O.BrH/c1-14-13-9-7-12(8-10-13)11-5-3-2-4-6-11;/h2-10H,1H3;1H. The van der Waals surface area contributed by atoms with Gasteiger partial charge < -0.3 is 4.74 Å². The van der Waals surface area contributed by atoms with Crippen LogP contribution in [0.15, 0.2) is 54.6 Å². The summed E-state index contributed by atoms with van der Waals surface area (Å²) < 4.78 is 5.11. The molecule has 0 N–H and O–H groups in total. The Morgan fingerprint density at radius 1 is 0.733 bits per heavy atom. The van der Waals surface area contributed by atoms with Crippen molar-refractivity contribution < 1.29 is 4.74 Å². The zero-order valence-electron chi connectivity index (χ0n) is 8.51. The van der Waals surface area contributed by atoms with Gasteiger partial charge in [-0.3, -0.25) is 0 Å². The highest BCUT2D eigenvalue weighted by molar-refractivity contribution is 8.93. The molecule has 0 amide bonds. The molecule has 78 valence electrons. The average molecular weight is 265 g/mol. The monoisotopic (exact) mass is 264 g/mol. The second-order valence-electron chi connectivity index (χ2n) is 3.09. The van der Waals surface area contributed by atoms with Crippen LogP contribution in [-0.2, 0) is 0 Å². The lowest BCUT2D eigenvalue weighted by Crippen LogP contribution is -1.82. The summed E-state index contributed by atoms with van der Waals surface area (Å²) in [7, 11) is 1.68. The van der Waals surface area contributed by atoms with Gasteiger partial charge in [0.05, 0.1) is 7.11 Å². The molecular weight excluding hydrogens is 252 g/mol. The quantitative estimate of drug-likeness (QED) is 0.799. The molecule has 0 atom stereocenters. The summed E-state index contributed by atoms with van der Waals surface area (Å²) in [6.45, 7) is 0. The highest BCUT2D eigenvalue weighted by Crippen LogP contribution is 2.21. The summed E-state index contributed by atoms with van der Waals surface area (Å²) in [5.74, 6) is 0.893. The van der Waals surface area contributed by atoms with E-state index in [9.17, 15) is 0 Å². The number of ether oxygens (including phenoxy) is 1. The van der Waals surface area contributed by atoms with Gasteiger partial charge in [0.1, 0.15) is 5.75 Å². The van der Waals surface area contributed by atoms with Gasteiger partial charge in [-0.25, -0.2) is 0 Å². The Balaban J connectivity index is 0.00000112. The first kappa shape index (κ1) is 11.8. The van der Waals surface area contributed by atoms with Crippen molar-refractivity contribution in [3.63, 3.8) is 0 Å². The molecule has 0 bridgehead atoms. The fourth-order valence-electron chi connectivity index (χ4n) is 1.41. The molecule has 2 aromatic carbocycles. The Bertz CT molecular complexity index is 395. The molecule has 2 rings (SSSR count). The Labute approximate surface area is 100 Å². The number of hydrogen-bond acceptors (Lipinski definition) is 1. The van der Waals surface area contributed by atoms with Gasteiger partial charge in [-0.1, -0.05) is 42.5 Å². The number of rotatable bonds is 2. The smallest absolute Gasteiger partial charge is 0.118 e. The Morgan fingerprint density at radius 3 is 1.80 bits per heavy atom. The number of halogens is 1. The summed E-state index contributed by atoms with van der Waals surface area (Å²) in [5, 5.41) is 0. The molecule has 0 aliphatic carbocycles. The highest BCUT2D eigenvalue weighted by atomic mass is 79.9. The minimum Gasteiger partial charge on any atom is -0.497 e. The van der Waals surface area contributed by atoms with E-state index in [4.69, 9.17) is 4.74 Å². The Morgan fingerprint density at radius 2 is 1.27 bits per heavy atom. The summed E-state index contributed by atoms with van der Waals surface area (Å²) in [5.41, 5.74) is 2.45. The van der Waals surface area contributed by atoms with Crippen molar-refractivity contribution in [3.05, 3.63) is 54.6 Å². The summed E-state index contributed by atoms with van der Waals surface area (Å²) in [4.78, 5) is 0. The molecule has 0 radical (unpaired) electrons. The van der Waals surface area contributed by atoms with Crippen LogP contribution in [0.3, 0.4) is 0 Å². The van der Waals surface area contributed by atoms with Crippen molar-refractivity contribution in [2.75, 3.05) is 7.11 Å². The number of hydrogen-bond donors (Lipinski definition) is 0. The molecule has 0 unspecified atom stereocenters. The van der Waals surface area contributed by atoms with Crippen molar-refractivity contribution >= 4 is 17.0 Å². The summed E-state index contributed by atoms with van der Waals surface area (Å²) in [6, 6.07) is 18.4. The molecule has 2 heteroatoms. The van der Waals surface area contributed by atoms with Gasteiger partial charge in [0.25, 0.3) is 0 Å². The first-order valence-electron chi connectivity index (χ1n) is 4.59. The van der Waals surface area contributed by atoms with Gasteiger partial charge in [0.2, 0.25) is 0 Å². The molecule has 0 heterocycles. The summed E-state index contributed by atoms with van der Waals surface area (Å²) >= 11 is 0. The highest BCUT2D eigenvalue weighted by Gasteiger charge is 1.95. The maximum Gasteiger partial charge on any atom is 0.118 e. The molecular formula is C13H13BrO. The van der Waals surface area contributed by atoms with E-state index in [1.165, 1.54) is 11.1 Å². The molecule has 1 nitrogen and oxygen atoms in total. The van der Waals surface area contributed by atoms with Crippen molar-refractivity contribution in [3.8, 4) is 16.9 Å². The predicted molar refractivity (Wildman–Crippen MR) is 68.8 cm³/mol. The van der Waals surface area contributed by atoms with Crippen LogP contribution in [0.1, 0.15) is 0 Å². The van der Waals surface area contributed by atoms with Gasteiger partial charge in [0.15, 0.2) is 0 Å². The molecule has 0 aliphatic heterocycles. The average Bonchev–Trinajstić information content (AvgIpc) is 2.30. The second kappa shape index (κ2) is 5.56. The van der Waals surface area contributed by atoms with Crippen LogP contribution in [0.5, 0.6) is 5.75 Å². The van der Waals surface area contributed by atoms with Crippen LogP contribution >= 0.6 is 17.0 Å². The fraction of sp³-hybridized carbons (Fsp3) is 0.0769. The molecule has 0 aliphatic rings. The number of benzene rings is 2. The topological polar surface area (TPSA) is 9.23 Å². The van der Waals surface area contributed by atoms with Crippen LogP contribution in [0.25, 0.3) is 11.1 Å². The molecule has 2 aromatic rings. The first-order valence-corrected chi connectivity index (χ1v) is 4.59. The van der Waals surface area contributed by atoms with E-state index in [1.807, 2.05) is 30.3 Å². The van der Waals surface area contributed by atoms with Crippen LogP contribution in [0.2, 0.25) is 0 Å². The molecule has 0 spiro atoms. The minimum atomic E-state index is 0. The van der Waals surface area contributed by atoms with E-state index in [2.05, 4.69) is 24.3 Å². The van der Waals surface area contributed by atoms with E-state index in [-0.39, 0.29) is 17.0 Å². The van der Waals surface area contributed by atoms with Gasteiger partial charge in [-0.15, -0.1) is 17.0 Å². The maximum atomic E-state index is 5.11. The van der Waals surface area contributed by atoms with Crippen molar-refractivity contribution in [1.29, 1.82) is 0 Å². The second-order valence-corrected chi connectivity index (χ2v) is 3.09. The van der Waals surface area contributed by atoms with Crippen molar-refractivity contribution in [1.82, 2.24) is 0 Å². The molecule has 0 saturated heterocycles. The normalized spacial score (nSPS) is 9.13. The largest absolute Gasteiger partial charge is 0.497 e. The zero-order valence-corrected chi connectivity index (χ0v) is 10.2. The molecule has 15 heavy (non-hydrogen) atoms. The SMILES string of the molecule is Br.COc1ccc(-c2ccccc2)cc1. The predicted octanol–water partition coefficient (Wildman–Crippen LogP) is 3.94. The molecule has 0 fully saturated rings. The van der Waals surface area contributed by atoms with Gasteiger partial charge >= 0.3 is 0 Å². The van der Waals surface area contributed by atoms with Crippen LogP contribution in [0, 0.1) is 0 Å². The lowest BCUT2D eigenvalue weighted by Gasteiger charge is -2.02. The van der Waals surface area contributed by atoms with Gasteiger partial charge in [0, 0.05) is 0 Å². The Hall–Kier alpha value is -1.28. The fourth-order valence-corrected chi connectivity index (χ4v) is 1.41. The first-order chi connectivity index (χ1) is 6.90. The van der Waals surface area contributed by atoms with Crippen molar-refractivity contribution in [2.24, 2.45) is 0 Å². The molecule has 0 saturated carbocycles. The zero-order chi connectivity index (χ0) is 9.80. The third kappa shape index (κ3) is 2.83. The van der Waals surface area contributed by atoms with E-state index >= 15 is 0 Å². The van der Waals surface area contributed by atoms with Crippen LogP contribution in [-0.4, -0.2) is 7.11 Å². The van der Waals surface area contributed by atoms with E-state index in [0.717, 1.165) is 5.75 Å². The van der Waals surface area contributed by atoms with E-state index in [0.29, 0.717) is 0 Å². The van der Waals surface area contributed by atoms with Gasteiger partial charge in [-0.2, -0.15) is 0 Å². The van der Waals surface area contributed by atoms with E-state index in [1.54, 1.807) is 7.11 Å². The van der Waals surface area contributed by atoms with Crippen LogP contribution in [0.4, 0.5) is 0 Å². The van der Waals surface area contributed by atoms with Gasteiger partial charge in [-0.05, 0) is 23.3 Å². The van der Waals surface area contributed by atoms with Crippen LogP contribution < -0.4 is 4.74 Å². The lowest BCUT2D eigenvalue weighted by atomic mass is 10.1. The maximum absolute atomic E-state index is 5.11.